The molecule has 1 aromatic carbocycles. The monoisotopic (exact) mass is 238 g/mol. The molecular formula is C13H15ClO2. The van der Waals surface area contributed by atoms with Gasteiger partial charge < -0.3 is 5.11 Å². The molecule has 1 aromatic rings. The van der Waals surface area contributed by atoms with Crippen LogP contribution in [0.2, 0.25) is 5.02 Å². The van der Waals surface area contributed by atoms with Crippen molar-refractivity contribution in [3.05, 3.63) is 34.3 Å². The molecule has 2 rings (SSSR count). The van der Waals surface area contributed by atoms with Gasteiger partial charge in [0, 0.05) is 5.02 Å². The van der Waals surface area contributed by atoms with Crippen molar-refractivity contribution in [1.82, 2.24) is 0 Å². The molecule has 1 N–H and O–H groups in total. The minimum absolute atomic E-state index is 0.154. The third kappa shape index (κ3) is 2.22. The molecule has 3 heteroatoms. The SMILES string of the molecule is CC1CCC(CC(=O)O)c2ccc(Cl)cc21. The van der Waals surface area contributed by atoms with Crippen LogP contribution in [0.4, 0.5) is 0 Å². The Labute approximate surface area is 100 Å². The third-order valence-corrected chi connectivity index (χ3v) is 3.62. The largest absolute Gasteiger partial charge is 0.481 e. The summed E-state index contributed by atoms with van der Waals surface area (Å²) >= 11 is 5.98. The zero-order valence-corrected chi connectivity index (χ0v) is 10.00. The number of halogens is 1. The maximum atomic E-state index is 10.8. The van der Waals surface area contributed by atoms with E-state index in [1.54, 1.807) is 0 Å². The highest BCUT2D eigenvalue weighted by molar-refractivity contribution is 6.30. The van der Waals surface area contributed by atoms with Gasteiger partial charge in [0.15, 0.2) is 0 Å². The van der Waals surface area contributed by atoms with Crippen LogP contribution in [-0.4, -0.2) is 11.1 Å². The molecule has 0 aromatic heterocycles. The Balaban J connectivity index is 2.36. The first-order chi connectivity index (χ1) is 7.58. The van der Waals surface area contributed by atoms with E-state index in [4.69, 9.17) is 16.7 Å². The fourth-order valence-corrected chi connectivity index (χ4v) is 2.71. The van der Waals surface area contributed by atoms with Crippen LogP contribution in [0.15, 0.2) is 18.2 Å². The number of carboxylic acid groups (broad SMARTS) is 1. The summed E-state index contributed by atoms with van der Waals surface area (Å²) in [4.78, 5) is 10.8. The van der Waals surface area contributed by atoms with Gasteiger partial charge in [0.1, 0.15) is 0 Å². The van der Waals surface area contributed by atoms with E-state index in [0.717, 1.165) is 17.9 Å². The molecule has 16 heavy (non-hydrogen) atoms. The fraction of sp³-hybridized carbons (Fsp3) is 0.462. The molecule has 0 amide bonds. The summed E-state index contributed by atoms with van der Waals surface area (Å²) in [5.74, 6) is -0.0832. The van der Waals surface area contributed by atoms with E-state index in [0.29, 0.717) is 5.92 Å². The molecule has 0 spiro atoms. The van der Waals surface area contributed by atoms with Crippen LogP contribution in [0.25, 0.3) is 0 Å². The Bertz CT molecular complexity index is 414. The molecule has 1 aliphatic carbocycles. The average Bonchev–Trinajstić information content (AvgIpc) is 2.22. The quantitative estimate of drug-likeness (QED) is 0.851. The number of aliphatic carboxylic acids is 1. The number of rotatable bonds is 2. The molecule has 0 saturated carbocycles. The third-order valence-electron chi connectivity index (χ3n) is 3.39. The predicted molar refractivity (Wildman–Crippen MR) is 64.1 cm³/mol. The van der Waals surface area contributed by atoms with Crippen molar-refractivity contribution in [3.63, 3.8) is 0 Å². The zero-order chi connectivity index (χ0) is 11.7. The van der Waals surface area contributed by atoms with E-state index in [1.165, 1.54) is 11.1 Å². The van der Waals surface area contributed by atoms with Crippen molar-refractivity contribution in [1.29, 1.82) is 0 Å². The molecule has 2 nitrogen and oxygen atoms in total. The maximum Gasteiger partial charge on any atom is 0.303 e. The standard InChI is InChI=1S/C13H15ClO2/c1-8-2-3-9(6-13(15)16)11-5-4-10(14)7-12(8)11/h4-5,7-9H,2-3,6H2,1H3,(H,15,16). The van der Waals surface area contributed by atoms with Gasteiger partial charge in [0.05, 0.1) is 6.42 Å². The second-order valence-corrected chi connectivity index (χ2v) is 4.98. The van der Waals surface area contributed by atoms with Gasteiger partial charge in [-0.05, 0) is 47.9 Å². The molecule has 0 bridgehead atoms. The number of benzene rings is 1. The van der Waals surface area contributed by atoms with Gasteiger partial charge in [-0.3, -0.25) is 4.79 Å². The predicted octanol–water partition coefficient (Wildman–Crippen LogP) is 3.80. The summed E-state index contributed by atoms with van der Waals surface area (Å²) in [7, 11) is 0. The summed E-state index contributed by atoms with van der Waals surface area (Å²) in [6.07, 6.45) is 2.23. The van der Waals surface area contributed by atoms with E-state index >= 15 is 0 Å². The van der Waals surface area contributed by atoms with Crippen LogP contribution >= 0.6 is 11.6 Å². The lowest BCUT2D eigenvalue weighted by Crippen LogP contribution is -2.15. The van der Waals surface area contributed by atoms with Crippen molar-refractivity contribution in [2.45, 2.75) is 38.0 Å². The van der Waals surface area contributed by atoms with Crippen molar-refractivity contribution >= 4 is 17.6 Å². The summed E-state index contributed by atoms with van der Waals surface area (Å²) in [5, 5.41) is 9.62. The molecular weight excluding hydrogens is 224 g/mol. The van der Waals surface area contributed by atoms with E-state index in [2.05, 4.69) is 6.92 Å². The average molecular weight is 239 g/mol. The lowest BCUT2D eigenvalue weighted by Gasteiger charge is -2.29. The Hall–Kier alpha value is -1.02. The van der Waals surface area contributed by atoms with Gasteiger partial charge in [-0.15, -0.1) is 0 Å². The molecule has 2 unspecified atom stereocenters. The summed E-state index contributed by atoms with van der Waals surface area (Å²) in [5.41, 5.74) is 2.40. The molecule has 0 radical (unpaired) electrons. The van der Waals surface area contributed by atoms with Gasteiger partial charge in [-0.25, -0.2) is 0 Å². The number of hydrogen-bond acceptors (Lipinski definition) is 1. The lowest BCUT2D eigenvalue weighted by atomic mass is 9.76. The minimum atomic E-state index is -0.722. The van der Waals surface area contributed by atoms with E-state index in [9.17, 15) is 4.79 Å². The molecule has 86 valence electrons. The summed E-state index contributed by atoms with van der Waals surface area (Å²) < 4.78 is 0. The Morgan fingerprint density at radius 2 is 2.19 bits per heavy atom. The van der Waals surface area contributed by atoms with Gasteiger partial charge in [-0.1, -0.05) is 24.6 Å². The van der Waals surface area contributed by atoms with Gasteiger partial charge in [0.25, 0.3) is 0 Å². The second-order valence-electron chi connectivity index (χ2n) is 4.55. The van der Waals surface area contributed by atoms with Gasteiger partial charge in [0.2, 0.25) is 0 Å². The molecule has 2 atom stereocenters. The topological polar surface area (TPSA) is 37.3 Å². The highest BCUT2D eigenvalue weighted by atomic mass is 35.5. The molecule has 0 aliphatic heterocycles. The number of carbonyl (C=O) groups is 1. The molecule has 0 heterocycles. The van der Waals surface area contributed by atoms with E-state index in [-0.39, 0.29) is 12.3 Å². The number of carboxylic acids is 1. The number of hydrogen-bond donors (Lipinski definition) is 1. The lowest BCUT2D eigenvalue weighted by molar-refractivity contribution is -0.137. The highest BCUT2D eigenvalue weighted by Crippen LogP contribution is 2.41. The van der Waals surface area contributed by atoms with E-state index < -0.39 is 5.97 Å². The van der Waals surface area contributed by atoms with Crippen LogP contribution in [-0.2, 0) is 4.79 Å². The van der Waals surface area contributed by atoms with Gasteiger partial charge in [-0.2, -0.15) is 0 Å². The smallest absolute Gasteiger partial charge is 0.303 e. The van der Waals surface area contributed by atoms with Gasteiger partial charge >= 0.3 is 5.97 Å². The Morgan fingerprint density at radius 1 is 1.44 bits per heavy atom. The first-order valence-corrected chi connectivity index (χ1v) is 5.97. The zero-order valence-electron chi connectivity index (χ0n) is 9.24. The van der Waals surface area contributed by atoms with Crippen LogP contribution in [0, 0.1) is 0 Å². The van der Waals surface area contributed by atoms with Crippen LogP contribution in [0.3, 0.4) is 0 Å². The molecule has 0 fully saturated rings. The Kier molecular flexibility index (Phi) is 3.20. The van der Waals surface area contributed by atoms with Crippen molar-refractivity contribution in [3.8, 4) is 0 Å². The van der Waals surface area contributed by atoms with Crippen molar-refractivity contribution < 1.29 is 9.90 Å². The first kappa shape index (κ1) is 11.5. The Morgan fingerprint density at radius 3 is 2.88 bits per heavy atom. The first-order valence-electron chi connectivity index (χ1n) is 5.59. The van der Waals surface area contributed by atoms with Crippen molar-refractivity contribution in [2.75, 3.05) is 0 Å². The maximum absolute atomic E-state index is 10.8. The minimum Gasteiger partial charge on any atom is -0.481 e. The normalized spacial score (nSPS) is 23.9. The van der Waals surface area contributed by atoms with Crippen LogP contribution < -0.4 is 0 Å². The van der Waals surface area contributed by atoms with Crippen LogP contribution in [0.1, 0.15) is 49.1 Å². The molecule has 0 saturated heterocycles. The van der Waals surface area contributed by atoms with Crippen LogP contribution in [0.5, 0.6) is 0 Å². The van der Waals surface area contributed by atoms with E-state index in [1.807, 2.05) is 18.2 Å². The van der Waals surface area contributed by atoms with Crippen molar-refractivity contribution in [2.24, 2.45) is 0 Å². The second kappa shape index (κ2) is 4.46. The fourth-order valence-electron chi connectivity index (χ4n) is 2.53. The number of fused-ring (bicyclic) bond motifs is 1. The molecule has 1 aliphatic rings. The summed E-state index contributed by atoms with van der Waals surface area (Å²) in [6.45, 7) is 2.17. The highest BCUT2D eigenvalue weighted by Gasteiger charge is 2.26. The summed E-state index contributed by atoms with van der Waals surface area (Å²) in [6, 6.07) is 5.82.